The topological polar surface area (TPSA) is 44.9 Å². The van der Waals surface area contributed by atoms with E-state index in [-0.39, 0.29) is 0 Å². The first-order valence-corrected chi connectivity index (χ1v) is 19.1. The van der Waals surface area contributed by atoms with E-state index in [9.17, 15) is 0 Å². The molecule has 7 rings (SSSR count). The number of rotatable bonds is 10. The van der Waals surface area contributed by atoms with E-state index in [1.165, 1.54) is 46.0 Å². The summed E-state index contributed by atoms with van der Waals surface area (Å²) in [6.45, 7) is 20.7. The molecule has 3 aromatic carbocycles. The van der Waals surface area contributed by atoms with Crippen LogP contribution in [0.15, 0.2) is 90.6 Å². The van der Waals surface area contributed by atoms with Crippen molar-refractivity contribution in [1.29, 1.82) is 0 Å². The van der Waals surface area contributed by atoms with Gasteiger partial charge in [-0.25, -0.2) is 9.67 Å². The lowest BCUT2D eigenvalue weighted by molar-refractivity contribution is 0.297. The third-order valence-corrected chi connectivity index (χ3v) is 11.1. The van der Waals surface area contributed by atoms with Crippen LogP contribution in [0.5, 0.6) is 11.5 Å². The van der Waals surface area contributed by atoms with Crippen molar-refractivity contribution in [3.05, 3.63) is 119 Å². The van der Waals surface area contributed by atoms with Crippen LogP contribution < -0.4 is 4.74 Å². The van der Waals surface area contributed by atoms with Crippen LogP contribution in [0, 0.1) is 31.6 Å². The zero-order valence-electron chi connectivity index (χ0n) is 32.0. The molecule has 1 unspecified atom stereocenters. The van der Waals surface area contributed by atoms with E-state index in [4.69, 9.17) is 14.8 Å². The van der Waals surface area contributed by atoms with E-state index in [0.29, 0.717) is 29.6 Å². The van der Waals surface area contributed by atoms with Crippen molar-refractivity contribution in [2.45, 2.75) is 99.8 Å². The average molecular weight is 679 g/mol. The monoisotopic (exact) mass is 678 g/mol. The largest absolute Gasteiger partial charge is 0.457 e. The maximum atomic E-state index is 6.79. The second kappa shape index (κ2) is 14.2. The average Bonchev–Trinajstić information content (AvgIpc) is 3.60. The smallest absolute Gasteiger partial charge is 0.137 e. The highest BCUT2D eigenvalue weighted by Crippen LogP contribution is 2.47. The molecule has 51 heavy (non-hydrogen) atoms. The number of para-hydroxylation sites is 1. The minimum absolute atomic E-state index is 0.328. The zero-order chi connectivity index (χ0) is 36.0. The van der Waals surface area contributed by atoms with Crippen LogP contribution in [0.3, 0.4) is 0 Å². The standard InChI is InChI=1S/C46H54N4O/c1-10-14-33-21-22-47-44(23-33)49-42-18-12-11-15-40(42)41-20-19-36(27-43(41)49)51-37-25-34(28(2)3)24-35(26-37)50-32(9)45(31(8)48-50)46-38(29(4)5)16-13-17-39(46)30(6)7/h11-12,15-16,18-30,39,46H,10,13-14,17H2,1-9H3/t39?,46-/m0/s1. The van der Waals surface area contributed by atoms with Crippen LogP contribution in [0.4, 0.5) is 0 Å². The first-order chi connectivity index (χ1) is 24.5. The van der Waals surface area contributed by atoms with Crippen molar-refractivity contribution in [2.24, 2.45) is 17.8 Å². The minimum Gasteiger partial charge on any atom is -0.457 e. The summed E-state index contributed by atoms with van der Waals surface area (Å²) < 4.78 is 11.2. The van der Waals surface area contributed by atoms with Crippen molar-refractivity contribution < 1.29 is 4.74 Å². The van der Waals surface area contributed by atoms with Crippen molar-refractivity contribution in [1.82, 2.24) is 19.3 Å². The third-order valence-electron chi connectivity index (χ3n) is 11.1. The van der Waals surface area contributed by atoms with Crippen LogP contribution in [-0.2, 0) is 6.42 Å². The quantitative estimate of drug-likeness (QED) is 0.135. The predicted molar refractivity (Wildman–Crippen MR) is 213 cm³/mol. The van der Waals surface area contributed by atoms with Gasteiger partial charge in [0, 0.05) is 46.3 Å². The summed E-state index contributed by atoms with van der Waals surface area (Å²) in [5.41, 5.74) is 11.1. The maximum absolute atomic E-state index is 6.79. The molecule has 6 aromatic rings. The number of allylic oxidation sites excluding steroid dienone is 2. The molecule has 0 N–H and O–H groups in total. The van der Waals surface area contributed by atoms with Gasteiger partial charge in [0.2, 0.25) is 0 Å². The van der Waals surface area contributed by atoms with Gasteiger partial charge in [-0.15, -0.1) is 0 Å². The van der Waals surface area contributed by atoms with Gasteiger partial charge in [-0.1, -0.05) is 84.7 Å². The Balaban J connectivity index is 1.31. The molecule has 1 aliphatic carbocycles. The van der Waals surface area contributed by atoms with Crippen LogP contribution in [-0.4, -0.2) is 19.3 Å². The summed E-state index contributed by atoms with van der Waals surface area (Å²) in [4.78, 5) is 4.84. The number of aryl methyl sites for hydroxylation is 2. The van der Waals surface area contributed by atoms with Crippen LogP contribution in [0.2, 0.25) is 0 Å². The van der Waals surface area contributed by atoms with E-state index in [1.807, 2.05) is 6.20 Å². The number of hydrogen-bond acceptors (Lipinski definition) is 3. The van der Waals surface area contributed by atoms with E-state index in [1.54, 1.807) is 5.57 Å². The second-order valence-corrected chi connectivity index (χ2v) is 15.6. The van der Waals surface area contributed by atoms with Crippen molar-refractivity contribution in [2.75, 3.05) is 0 Å². The SMILES string of the molecule is CCCc1ccnc(-n2c3ccccc3c3ccc(Oc4cc(C(C)C)cc(-n5nc(C)c([C@H]6C(C(C)C)=CCCC6C(C)C)c5C)c4)cc32)c1. The highest BCUT2D eigenvalue weighted by atomic mass is 16.5. The van der Waals surface area contributed by atoms with Gasteiger partial charge in [-0.2, -0.15) is 5.10 Å². The molecule has 5 nitrogen and oxygen atoms in total. The van der Waals surface area contributed by atoms with Crippen LogP contribution in [0.1, 0.15) is 108 Å². The number of hydrogen-bond donors (Lipinski definition) is 0. The third kappa shape index (κ3) is 6.52. The maximum Gasteiger partial charge on any atom is 0.137 e. The van der Waals surface area contributed by atoms with Gasteiger partial charge in [0.1, 0.15) is 17.3 Å². The first kappa shape index (κ1) is 34.8. The highest BCUT2D eigenvalue weighted by Gasteiger charge is 2.36. The molecule has 3 heterocycles. The van der Waals surface area contributed by atoms with E-state index < -0.39 is 0 Å². The normalized spacial score (nSPS) is 16.6. The number of benzene rings is 3. The number of fused-ring (bicyclic) bond motifs is 3. The molecule has 0 aliphatic heterocycles. The Morgan fingerprint density at radius 2 is 1.61 bits per heavy atom. The summed E-state index contributed by atoms with van der Waals surface area (Å²) in [6.07, 6.45) is 8.98. The van der Waals surface area contributed by atoms with Gasteiger partial charge in [-0.3, -0.25) is 4.57 Å². The molecule has 0 fully saturated rings. The number of aromatic nitrogens is 4. The van der Waals surface area contributed by atoms with Gasteiger partial charge < -0.3 is 4.74 Å². The summed E-state index contributed by atoms with van der Waals surface area (Å²) in [6, 6.07) is 26.0. The number of nitrogens with zero attached hydrogens (tertiary/aromatic N) is 4. The minimum atomic E-state index is 0.328. The Bertz CT molecular complexity index is 2230. The number of pyridine rings is 1. The molecule has 2 atom stereocenters. The van der Waals surface area contributed by atoms with Gasteiger partial charge in [0.15, 0.2) is 0 Å². The Morgan fingerprint density at radius 3 is 2.35 bits per heavy atom. The molecule has 264 valence electrons. The first-order valence-electron chi connectivity index (χ1n) is 19.1. The Morgan fingerprint density at radius 1 is 0.824 bits per heavy atom. The predicted octanol–water partition coefficient (Wildman–Crippen LogP) is 12.6. The lowest BCUT2D eigenvalue weighted by Gasteiger charge is -2.37. The molecule has 3 aromatic heterocycles. The second-order valence-electron chi connectivity index (χ2n) is 15.6. The molecule has 0 saturated carbocycles. The van der Waals surface area contributed by atoms with E-state index in [0.717, 1.165) is 52.6 Å². The van der Waals surface area contributed by atoms with Gasteiger partial charge in [0.05, 0.1) is 22.4 Å². The number of ether oxygens (including phenoxy) is 1. The molecule has 1 aliphatic rings. The molecule has 0 amide bonds. The van der Waals surface area contributed by atoms with E-state index in [2.05, 4.69) is 150 Å². The molecule has 5 heteroatoms. The summed E-state index contributed by atoms with van der Waals surface area (Å²) in [5, 5.41) is 7.64. The van der Waals surface area contributed by atoms with Crippen molar-refractivity contribution >= 4 is 21.8 Å². The van der Waals surface area contributed by atoms with Crippen molar-refractivity contribution in [3.63, 3.8) is 0 Å². The molecular formula is C46H54N4O. The Labute approximate surface area is 304 Å². The summed E-state index contributed by atoms with van der Waals surface area (Å²) in [7, 11) is 0. The fraction of sp³-hybridized carbons (Fsp3) is 0.391. The molecular weight excluding hydrogens is 625 g/mol. The highest BCUT2D eigenvalue weighted by molar-refractivity contribution is 6.09. The molecule has 0 spiro atoms. The Hall–Kier alpha value is -4.64. The lowest BCUT2D eigenvalue weighted by Crippen LogP contribution is -2.26. The fourth-order valence-corrected chi connectivity index (χ4v) is 8.58. The van der Waals surface area contributed by atoms with Crippen molar-refractivity contribution in [3.8, 4) is 23.0 Å². The van der Waals surface area contributed by atoms with Crippen LogP contribution in [0.25, 0.3) is 33.3 Å². The molecule has 0 bridgehead atoms. The van der Waals surface area contributed by atoms with E-state index >= 15 is 0 Å². The molecule has 0 radical (unpaired) electrons. The Kier molecular flexibility index (Phi) is 9.67. The fourth-order valence-electron chi connectivity index (χ4n) is 8.58. The summed E-state index contributed by atoms with van der Waals surface area (Å²) >= 11 is 0. The lowest BCUT2D eigenvalue weighted by atomic mass is 9.67. The molecule has 0 saturated heterocycles. The summed E-state index contributed by atoms with van der Waals surface area (Å²) in [5.74, 6) is 4.99. The zero-order valence-corrected chi connectivity index (χ0v) is 32.0. The van der Waals surface area contributed by atoms with Gasteiger partial charge >= 0.3 is 0 Å². The van der Waals surface area contributed by atoms with Gasteiger partial charge in [-0.05, 0) is 110 Å². The van der Waals surface area contributed by atoms with Crippen LogP contribution >= 0.6 is 0 Å². The van der Waals surface area contributed by atoms with Gasteiger partial charge in [0.25, 0.3) is 0 Å².